The molecule has 0 atom stereocenters. The molecule has 4 rings (SSSR count). The van der Waals surface area contributed by atoms with Crippen LogP contribution in [-0.4, -0.2) is 58.6 Å². The fraction of sp³-hybridized carbons (Fsp3) is 0.321. The van der Waals surface area contributed by atoms with Gasteiger partial charge in [0, 0.05) is 31.9 Å². The van der Waals surface area contributed by atoms with E-state index in [-0.39, 0.29) is 23.0 Å². The number of aryl methyl sites for hydroxylation is 1. The average molecular weight is 526 g/mol. The number of amides is 1. The van der Waals surface area contributed by atoms with Gasteiger partial charge in [-0.15, -0.1) is 0 Å². The largest absolute Gasteiger partial charge is 0.494 e. The molecule has 0 aromatic heterocycles. The normalized spacial score (nSPS) is 13.9. The van der Waals surface area contributed by atoms with Crippen LogP contribution in [0, 0.1) is 19.7 Å². The third-order valence-electron chi connectivity index (χ3n) is 6.67. The van der Waals surface area contributed by atoms with Gasteiger partial charge in [-0.25, -0.2) is 12.8 Å². The Morgan fingerprint density at radius 2 is 1.59 bits per heavy atom. The zero-order chi connectivity index (χ0) is 26.6. The van der Waals surface area contributed by atoms with Crippen molar-refractivity contribution >= 4 is 27.3 Å². The number of hydrogen-bond acceptors (Lipinski definition) is 5. The fourth-order valence-corrected chi connectivity index (χ4v) is 5.84. The molecule has 1 fully saturated rings. The number of carbonyl (C=O) groups excluding carboxylic acids is 1. The Morgan fingerprint density at radius 3 is 2.22 bits per heavy atom. The van der Waals surface area contributed by atoms with E-state index < -0.39 is 15.8 Å². The number of piperazine rings is 1. The second kappa shape index (κ2) is 11.2. The lowest BCUT2D eigenvalue weighted by Crippen LogP contribution is -2.52. The lowest BCUT2D eigenvalue weighted by Gasteiger charge is -2.38. The number of sulfonamides is 1. The van der Waals surface area contributed by atoms with Crippen molar-refractivity contribution in [1.29, 1.82) is 0 Å². The third kappa shape index (κ3) is 5.88. The predicted octanol–water partition coefficient (Wildman–Crippen LogP) is 4.39. The van der Waals surface area contributed by atoms with E-state index >= 15 is 0 Å². The first-order chi connectivity index (χ1) is 17.7. The molecule has 0 bridgehead atoms. The first-order valence-electron chi connectivity index (χ1n) is 12.3. The molecule has 0 N–H and O–H groups in total. The summed E-state index contributed by atoms with van der Waals surface area (Å²) in [6.07, 6.45) is 0. The second-order valence-corrected chi connectivity index (χ2v) is 10.8. The summed E-state index contributed by atoms with van der Waals surface area (Å²) in [5, 5.41) is 0. The van der Waals surface area contributed by atoms with Crippen molar-refractivity contribution in [3.05, 3.63) is 83.7 Å². The van der Waals surface area contributed by atoms with Gasteiger partial charge in [-0.3, -0.25) is 9.10 Å². The summed E-state index contributed by atoms with van der Waals surface area (Å²) in [4.78, 5) is 17.3. The van der Waals surface area contributed by atoms with Gasteiger partial charge in [0.1, 0.15) is 18.1 Å². The summed E-state index contributed by atoms with van der Waals surface area (Å²) in [6, 6.07) is 17.3. The second-order valence-electron chi connectivity index (χ2n) is 8.98. The number of carbonyl (C=O) groups is 1. The Hall–Kier alpha value is -3.59. The maximum absolute atomic E-state index is 13.6. The third-order valence-corrected chi connectivity index (χ3v) is 8.45. The fourth-order valence-electron chi connectivity index (χ4n) is 4.42. The summed E-state index contributed by atoms with van der Waals surface area (Å²) in [6.45, 7) is 8.34. The topological polar surface area (TPSA) is 70.2 Å². The molecule has 3 aromatic rings. The molecule has 3 aromatic carbocycles. The van der Waals surface area contributed by atoms with Crippen LogP contribution >= 0.6 is 0 Å². The Kier molecular flexibility index (Phi) is 8.02. The number of ether oxygens (including phenoxy) is 1. The maximum atomic E-state index is 13.6. The smallest absolute Gasteiger partial charge is 0.264 e. The van der Waals surface area contributed by atoms with Crippen LogP contribution in [0.25, 0.3) is 0 Å². The summed E-state index contributed by atoms with van der Waals surface area (Å²) in [5.74, 6) is -0.247. The zero-order valence-electron chi connectivity index (χ0n) is 21.4. The van der Waals surface area contributed by atoms with Gasteiger partial charge in [-0.1, -0.05) is 12.1 Å². The van der Waals surface area contributed by atoms with Gasteiger partial charge in [0.15, 0.2) is 0 Å². The zero-order valence-corrected chi connectivity index (χ0v) is 22.2. The minimum absolute atomic E-state index is 0.0211. The Morgan fingerprint density at radius 1 is 0.946 bits per heavy atom. The number of nitrogens with zero attached hydrogens (tertiary/aromatic N) is 3. The van der Waals surface area contributed by atoms with Gasteiger partial charge in [0.2, 0.25) is 5.91 Å². The van der Waals surface area contributed by atoms with Crippen LogP contribution in [0.1, 0.15) is 18.1 Å². The van der Waals surface area contributed by atoms with Crippen molar-refractivity contribution in [2.24, 2.45) is 0 Å². The van der Waals surface area contributed by atoms with Crippen LogP contribution in [0.4, 0.5) is 15.8 Å². The highest BCUT2D eigenvalue weighted by atomic mass is 32.2. The van der Waals surface area contributed by atoms with Gasteiger partial charge >= 0.3 is 0 Å². The molecule has 1 heterocycles. The number of anilines is 2. The van der Waals surface area contributed by atoms with E-state index in [1.807, 2.05) is 13.0 Å². The van der Waals surface area contributed by atoms with Gasteiger partial charge < -0.3 is 14.5 Å². The molecule has 0 saturated carbocycles. The molecule has 1 amide bonds. The van der Waals surface area contributed by atoms with Gasteiger partial charge in [0.05, 0.1) is 17.2 Å². The van der Waals surface area contributed by atoms with E-state index in [9.17, 15) is 17.6 Å². The average Bonchev–Trinajstić information content (AvgIpc) is 2.90. The van der Waals surface area contributed by atoms with E-state index in [4.69, 9.17) is 4.74 Å². The van der Waals surface area contributed by atoms with Crippen molar-refractivity contribution in [2.45, 2.75) is 25.7 Å². The van der Waals surface area contributed by atoms with Gasteiger partial charge in [0.25, 0.3) is 10.0 Å². The number of halogens is 1. The molecule has 1 aliphatic heterocycles. The van der Waals surface area contributed by atoms with Crippen molar-refractivity contribution in [3.63, 3.8) is 0 Å². The summed E-state index contributed by atoms with van der Waals surface area (Å²) in [5.41, 5.74) is 3.80. The molecule has 0 aliphatic carbocycles. The molecular formula is C28H32FN3O4S. The number of hydrogen-bond donors (Lipinski definition) is 0. The highest BCUT2D eigenvalue weighted by molar-refractivity contribution is 7.92. The Balaban J connectivity index is 1.53. The van der Waals surface area contributed by atoms with Crippen LogP contribution in [0.5, 0.6) is 5.75 Å². The summed E-state index contributed by atoms with van der Waals surface area (Å²) >= 11 is 0. The molecule has 37 heavy (non-hydrogen) atoms. The maximum Gasteiger partial charge on any atom is 0.264 e. The van der Waals surface area contributed by atoms with Crippen molar-refractivity contribution in [1.82, 2.24) is 4.90 Å². The SMILES string of the molecule is CCOc1ccc(S(=O)(=O)N(CC(=O)N2CCN(c3cccc(C)c3C)CC2)c2ccc(F)cc2)cc1. The molecule has 0 radical (unpaired) electrons. The lowest BCUT2D eigenvalue weighted by molar-refractivity contribution is -0.129. The van der Waals surface area contributed by atoms with Gasteiger partial charge in [-0.05, 0) is 86.5 Å². The molecule has 1 saturated heterocycles. The minimum Gasteiger partial charge on any atom is -0.494 e. The highest BCUT2D eigenvalue weighted by Gasteiger charge is 2.30. The van der Waals surface area contributed by atoms with E-state index in [1.54, 1.807) is 17.0 Å². The van der Waals surface area contributed by atoms with Crippen LogP contribution in [0.15, 0.2) is 71.6 Å². The molecule has 1 aliphatic rings. The summed E-state index contributed by atoms with van der Waals surface area (Å²) < 4.78 is 47.3. The molecule has 7 nitrogen and oxygen atoms in total. The van der Waals surface area contributed by atoms with E-state index in [0.717, 1.165) is 9.99 Å². The predicted molar refractivity (Wildman–Crippen MR) is 143 cm³/mol. The van der Waals surface area contributed by atoms with E-state index in [2.05, 4.69) is 30.9 Å². The monoisotopic (exact) mass is 525 g/mol. The quantitative estimate of drug-likeness (QED) is 0.437. The van der Waals surface area contributed by atoms with Crippen molar-refractivity contribution in [2.75, 3.05) is 48.5 Å². The molecule has 9 heteroatoms. The Bertz CT molecular complexity index is 1340. The first kappa shape index (κ1) is 26.5. The van der Waals surface area contributed by atoms with Crippen molar-refractivity contribution in [3.8, 4) is 5.75 Å². The lowest BCUT2D eigenvalue weighted by atomic mass is 10.1. The minimum atomic E-state index is -4.10. The number of benzene rings is 3. The number of rotatable bonds is 8. The van der Waals surface area contributed by atoms with Crippen LogP contribution in [0.3, 0.4) is 0 Å². The standard InChI is InChI=1S/C28H32FN3O4S/c1-4-36-25-12-14-26(15-13-25)37(34,35)32(24-10-8-23(29)9-11-24)20-28(33)31-18-16-30(17-19-31)27-7-5-6-21(2)22(27)3/h5-15H,4,16-20H2,1-3H3. The molecule has 0 spiro atoms. The van der Waals surface area contributed by atoms with Crippen LogP contribution in [-0.2, 0) is 14.8 Å². The van der Waals surface area contributed by atoms with Crippen LogP contribution < -0.4 is 13.9 Å². The molecule has 196 valence electrons. The first-order valence-corrected chi connectivity index (χ1v) is 13.7. The van der Waals surface area contributed by atoms with E-state index in [1.165, 1.54) is 47.5 Å². The molecular weight excluding hydrogens is 493 g/mol. The van der Waals surface area contributed by atoms with E-state index in [0.29, 0.717) is 38.5 Å². The molecule has 0 unspecified atom stereocenters. The Labute approximate surface area is 218 Å². The van der Waals surface area contributed by atoms with Crippen molar-refractivity contribution < 1.29 is 22.3 Å². The van der Waals surface area contributed by atoms with Gasteiger partial charge in [-0.2, -0.15) is 0 Å². The highest BCUT2D eigenvalue weighted by Crippen LogP contribution is 2.27. The summed E-state index contributed by atoms with van der Waals surface area (Å²) in [7, 11) is -4.10. The van der Waals surface area contributed by atoms with Crippen LogP contribution in [0.2, 0.25) is 0 Å².